The number of alkyl halides is 1. The molecule has 126 valence electrons. The first-order valence-electron chi connectivity index (χ1n) is 7.28. The van der Waals surface area contributed by atoms with Crippen molar-refractivity contribution in [3.05, 3.63) is 51.7 Å². The number of likely N-dealkylation sites (tertiary alicyclic amines) is 1. The van der Waals surface area contributed by atoms with Crippen LogP contribution in [0.3, 0.4) is 0 Å². The maximum Gasteiger partial charge on any atom is 0.343 e. The molecule has 0 aliphatic carbocycles. The summed E-state index contributed by atoms with van der Waals surface area (Å²) in [6.45, 7) is -0.434. The van der Waals surface area contributed by atoms with Crippen LogP contribution in [0.25, 0.3) is 0 Å². The number of carboxylic acids is 1. The molecule has 2 aromatic rings. The van der Waals surface area contributed by atoms with Gasteiger partial charge in [-0.3, -0.25) is 4.79 Å². The summed E-state index contributed by atoms with van der Waals surface area (Å²) in [6.07, 6.45) is 0.159. The molecule has 5 nitrogen and oxygen atoms in total. The first-order valence-corrected chi connectivity index (χ1v) is 8.16. The number of aliphatic carboxylic acids is 1. The van der Waals surface area contributed by atoms with Gasteiger partial charge in [-0.15, -0.1) is 11.3 Å². The zero-order valence-corrected chi connectivity index (χ0v) is 13.4. The smallest absolute Gasteiger partial charge is 0.343 e. The molecule has 1 fully saturated rings. The number of hydrogen-bond acceptors (Lipinski definition) is 4. The standard InChI is InChI=1S/C16H14F2N2O3S/c17-11-3-1-2-10(6-11)7-13-19-12(8-24-13)14(21)20-5-4-16(18,9-20)15(22)23/h1-3,6,8H,4-5,7,9H2,(H,22,23). The van der Waals surface area contributed by atoms with E-state index in [-0.39, 0.29) is 24.5 Å². The predicted octanol–water partition coefficient (Wildman–Crippen LogP) is 2.51. The molecule has 0 bridgehead atoms. The summed E-state index contributed by atoms with van der Waals surface area (Å²) in [7, 11) is 0. The van der Waals surface area contributed by atoms with Gasteiger partial charge in [0.25, 0.3) is 5.91 Å². The van der Waals surface area contributed by atoms with Gasteiger partial charge in [-0.05, 0) is 17.7 Å². The molecule has 1 aromatic heterocycles. The third-order valence-corrected chi connectivity index (χ3v) is 4.75. The van der Waals surface area contributed by atoms with Crippen molar-refractivity contribution in [2.24, 2.45) is 0 Å². The molecule has 1 aromatic carbocycles. The highest BCUT2D eigenvalue weighted by Crippen LogP contribution is 2.27. The Morgan fingerprint density at radius 2 is 2.21 bits per heavy atom. The van der Waals surface area contributed by atoms with Crippen LogP contribution in [0.1, 0.15) is 27.5 Å². The first kappa shape index (κ1) is 16.5. The number of rotatable bonds is 4. The van der Waals surface area contributed by atoms with Gasteiger partial charge in [-0.25, -0.2) is 18.6 Å². The molecule has 24 heavy (non-hydrogen) atoms. The largest absolute Gasteiger partial charge is 0.479 e. The van der Waals surface area contributed by atoms with Crippen LogP contribution in [0.2, 0.25) is 0 Å². The van der Waals surface area contributed by atoms with E-state index in [0.717, 1.165) is 10.5 Å². The molecule has 0 saturated carbocycles. The topological polar surface area (TPSA) is 70.5 Å². The molecule has 1 N–H and O–H groups in total. The average Bonchev–Trinajstić information content (AvgIpc) is 3.14. The number of aromatic nitrogens is 1. The number of halogens is 2. The summed E-state index contributed by atoms with van der Waals surface area (Å²) >= 11 is 1.25. The summed E-state index contributed by atoms with van der Waals surface area (Å²) in [4.78, 5) is 28.6. The number of nitrogens with zero attached hydrogens (tertiary/aromatic N) is 2. The second-order valence-corrected chi connectivity index (χ2v) is 6.62. The average molecular weight is 352 g/mol. The zero-order valence-electron chi connectivity index (χ0n) is 12.5. The molecular weight excluding hydrogens is 338 g/mol. The van der Waals surface area contributed by atoms with Gasteiger partial charge in [-0.2, -0.15) is 0 Å². The monoisotopic (exact) mass is 352 g/mol. The Kier molecular flexibility index (Phi) is 4.31. The van der Waals surface area contributed by atoms with Crippen LogP contribution in [0, 0.1) is 5.82 Å². The van der Waals surface area contributed by atoms with Crippen molar-refractivity contribution in [2.45, 2.75) is 18.5 Å². The van der Waals surface area contributed by atoms with Crippen molar-refractivity contribution in [3.63, 3.8) is 0 Å². The molecule has 1 aliphatic heterocycles. The molecule has 0 spiro atoms. The van der Waals surface area contributed by atoms with Crippen molar-refractivity contribution >= 4 is 23.2 Å². The maximum absolute atomic E-state index is 14.0. The first-order chi connectivity index (χ1) is 11.4. The van der Waals surface area contributed by atoms with Crippen LogP contribution < -0.4 is 0 Å². The lowest BCUT2D eigenvalue weighted by molar-refractivity contribution is -0.149. The van der Waals surface area contributed by atoms with Gasteiger partial charge in [0.05, 0.1) is 11.6 Å². The van der Waals surface area contributed by atoms with Gasteiger partial charge in [-0.1, -0.05) is 12.1 Å². The van der Waals surface area contributed by atoms with Crippen molar-refractivity contribution in [1.82, 2.24) is 9.88 Å². The van der Waals surface area contributed by atoms with E-state index in [9.17, 15) is 18.4 Å². The Balaban J connectivity index is 1.69. The predicted molar refractivity (Wildman–Crippen MR) is 83.3 cm³/mol. The molecule has 1 aliphatic rings. The quantitative estimate of drug-likeness (QED) is 0.918. The van der Waals surface area contributed by atoms with E-state index in [2.05, 4.69) is 4.98 Å². The highest BCUT2D eigenvalue weighted by atomic mass is 32.1. The molecule has 1 amide bonds. The van der Waals surface area contributed by atoms with Crippen LogP contribution in [-0.2, 0) is 11.2 Å². The molecule has 2 heterocycles. The summed E-state index contributed by atoms with van der Waals surface area (Å²) in [5.74, 6) is -2.38. The summed E-state index contributed by atoms with van der Waals surface area (Å²) in [5.41, 5.74) is -1.50. The molecule has 1 atom stereocenters. The lowest BCUT2D eigenvalue weighted by Crippen LogP contribution is -2.39. The highest BCUT2D eigenvalue weighted by molar-refractivity contribution is 7.09. The van der Waals surface area contributed by atoms with E-state index in [1.54, 1.807) is 17.5 Å². The van der Waals surface area contributed by atoms with Gasteiger partial charge in [0.2, 0.25) is 5.67 Å². The second kappa shape index (κ2) is 6.27. The molecular formula is C16H14F2N2O3S. The second-order valence-electron chi connectivity index (χ2n) is 5.68. The minimum atomic E-state index is -2.39. The van der Waals surface area contributed by atoms with Crippen LogP contribution in [-0.4, -0.2) is 45.6 Å². The Bertz CT molecular complexity index is 795. The Morgan fingerprint density at radius 1 is 1.42 bits per heavy atom. The number of carboxylic acid groups (broad SMARTS) is 1. The summed E-state index contributed by atoms with van der Waals surface area (Å²) < 4.78 is 27.2. The highest BCUT2D eigenvalue weighted by Gasteiger charge is 2.47. The van der Waals surface area contributed by atoms with Crippen LogP contribution in [0.5, 0.6) is 0 Å². The van der Waals surface area contributed by atoms with Crippen molar-refractivity contribution in [1.29, 1.82) is 0 Å². The van der Waals surface area contributed by atoms with Gasteiger partial charge in [0.15, 0.2) is 0 Å². The van der Waals surface area contributed by atoms with Crippen molar-refractivity contribution < 1.29 is 23.5 Å². The van der Waals surface area contributed by atoms with E-state index >= 15 is 0 Å². The number of thiazole rings is 1. The Labute approximate surface area is 140 Å². The van der Waals surface area contributed by atoms with Crippen LogP contribution in [0.4, 0.5) is 8.78 Å². The zero-order chi connectivity index (χ0) is 17.3. The number of carbonyl (C=O) groups excluding carboxylic acids is 1. The van der Waals surface area contributed by atoms with E-state index in [0.29, 0.717) is 11.4 Å². The van der Waals surface area contributed by atoms with Crippen LogP contribution >= 0.6 is 11.3 Å². The van der Waals surface area contributed by atoms with E-state index in [1.807, 2.05) is 0 Å². The maximum atomic E-state index is 14.0. The fourth-order valence-corrected chi connectivity index (χ4v) is 3.40. The minimum absolute atomic E-state index is 0.0401. The van der Waals surface area contributed by atoms with Crippen molar-refractivity contribution in [2.75, 3.05) is 13.1 Å². The van der Waals surface area contributed by atoms with Gasteiger partial charge in [0, 0.05) is 24.8 Å². The van der Waals surface area contributed by atoms with Gasteiger partial charge < -0.3 is 10.0 Å². The number of amides is 1. The third-order valence-electron chi connectivity index (χ3n) is 3.91. The van der Waals surface area contributed by atoms with Crippen LogP contribution in [0.15, 0.2) is 29.6 Å². The number of hydrogen-bond donors (Lipinski definition) is 1. The van der Waals surface area contributed by atoms with E-state index in [1.165, 1.54) is 23.5 Å². The summed E-state index contributed by atoms with van der Waals surface area (Å²) in [6, 6.07) is 6.10. The third kappa shape index (κ3) is 3.28. The van der Waals surface area contributed by atoms with Gasteiger partial charge >= 0.3 is 5.97 Å². The number of benzene rings is 1. The Morgan fingerprint density at radius 3 is 2.88 bits per heavy atom. The fourth-order valence-electron chi connectivity index (χ4n) is 2.59. The lowest BCUT2D eigenvalue weighted by Gasteiger charge is -2.16. The molecule has 0 radical (unpaired) electrons. The molecule has 8 heteroatoms. The molecule has 3 rings (SSSR count). The lowest BCUT2D eigenvalue weighted by atomic mass is 10.1. The SMILES string of the molecule is O=C(c1csc(Cc2cccc(F)c2)n1)N1CCC(F)(C(=O)O)C1. The normalized spacial score (nSPS) is 20.3. The number of carbonyl (C=O) groups is 2. The fraction of sp³-hybridized carbons (Fsp3) is 0.312. The minimum Gasteiger partial charge on any atom is -0.479 e. The van der Waals surface area contributed by atoms with Crippen molar-refractivity contribution in [3.8, 4) is 0 Å². The van der Waals surface area contributed by atoms with E-state index in [4.69, 9.17) is 5.11 Å². The molecule has 1 unspecified atom stereocenters. The van der Waals surface area contributed by atoms with E-state index < -0.39 is 24.1 Å². The Hall–Kier alpha value is -2.35. The van der Waals surface area contributed by atoms with Gasteiger partial charge in [0.1, 0.15) is 11.5 Å². The molecule has 1 saturated heterocycles. The summed E-state index contributed by atoms with van der Waals surface area (Å²) in [5, 5.41) is 11.1.